The first-order chi connectivity index (χ1) is 8.65. The molecular formula is C15H11F2S+. The van der Waals surface area contributed by atoms with Gasteiger partial charge in [-0.15, -0.1) is 0 Å². The molecule has 0 aliphatic heterocycles. The number of aryl methyl sites for hydroxylation is 1. The van der Waals surface area contributed by atoms with Crippen LogP contribution in [0.15, 0.2) is 47.8 Å². The van der Waals surface area contributed by atoms with Crippen LogP contribution in [0.5, 0.6) is 0 Å². The molecule has 0 saturated heterocycles. The number of halogens is 2. The first-order valence-corrected chi connectivity index (χ1v) is 6.91. The predicted molar refractivity (Wildman–Crippen MR) is 72.4 cm³/mol. The second kappa shape index (κ2) is 4.18. The fourth-order valence-corrected chi connectivity index (χ4v) is 4.22. The molecule has 0 nitrogen and oxygen atoms in total. The molecule has 0 aliphatic carbocycles. The summed E-state index contributed by atoms with van der Waals surface area (Å²) in [6.45, 7) is 2.02. The van der Waals surface area contributed by atoms with E-state index in [0.29, 0.717) is 0 Å². The minimum Gasteiger partial charge on any atom is -0.207 e. The van der Waals surface area contributed by atoms with Crippen LogP contribution in [-0.4, -0.2) is 0 Å². The lowest BCUT2D eigenvalue weighted by Gasteiger charge is -1.92. The number of hydrogen-bond acceptors (Lipinski definition) is 0. The van der Waals surface area contributed by atoms with Crippen molar-refractivity contribution in [3.8, 4) is 4.90 Å². The topological polar surface area (TPSA) is 0 Å². The third kappa shape index (κ3) is 1.81. The van der Waals surface area contributed by atoms with Crippen LogP contribution in [0, 0.1) is 18.6 Å². The lowest BCUT2D eigenvalue weighted by atomic mass is 10.2. The second-order valence-corrected chi connectivity index (χ2v) is 6.06. The highest BCUT2D eigenvalue weighted by Gasteiger charge is 2.19. The number of benzene rings is 2. The molecule has 1 atom stereocenters. The van der Waals surface area contributed by atoms with Crippen molar-refractivity contribution in [2.45, 2.75) is 6.92 Å². The van der Waals surface area contributed by atoms with Crippen LogP contribution in [0.2, 0.25) is 0 Å². The van der Waals surface area contributed by atoms with Crippen molar-refractivity contribution in [2.75, 3.05) is 0 Å². The van der Waals surface area contributed by atoms with Crippen LogP contribution in [0.3, 0.4) is 0 Å². The van der Waals surface area contributed by atoms with E-state index in [1.807, 2.05) is 13.0 Å². The molecule has 1 heterocycles. The van der Waals surface area contributed by atoms with Crippen LogP contribution in [-0.2, 0) is 0 Å². The summed E-state index contributed by atoms with van der Waals surface area (Å²) in [5, 5.41) is 3.21. The van der Waals surface area contributed by atoms with E-state index in [4.69, 9.17) is 0 Å². The molecule has 0 amide bonds. The molecule has 0 bridgehead atoms. The van der Waals surface area contributed by atoms with Crippen molar-refractivity contribution in [1.29, 1.82) is 0 Å². The molecule has 18 heavy (non-hydrogen) atoms. The van der Waals surface area contributed by atoms with Gasteiger partial charge in [0.05, 0.1) is 0 Å². The Hall–Kier alpha value is -1.74. The molecule has 0 aliphatic rings. The molecular weight excluding hydrogens is 250 g/mol. The summed E-state index contributed by atoms with van der Waals surface area (Å²) in [5.41, 5.74) is 1.15. The van der Waals surface area contributed by atoms with Gasteiger partial charge in [-0.2, -0.15) is 0 Å². The molecule has 1 unspecified atom stereocenters. The van der Waals surface area contributed by atoms with Gasteiger partial charge in [-0.05, 0) is 31.2 Å². The minimum atomic E-state index is -0.283. The first kappa shape index (κ1) is 11.4. The van der Waals surface area contributed by atoms with Crippen molar-refractivity contribution in [2.24, 2.45) is 0 Å². The fourth-order valence-electron chi connectivity index (χ4n) is 2.08. The van der Waals surface area contributed by atoms with E-state index in [2.05, 4.69) is 5.38 Å². The SMILES string of the molecule is Cc1c[s+](-c2ccc(F)cc2)c2cc(F)ccc12. The Morgan fingerprint density at radius 1 is 0.889 bits per heavy atom. The molecule has 0 spiro atoms. The van der Waals surface area contributed by atoms with Crippen molar-refractivity contribution in [3.63, 3.8) is 0 Å². The Bertz CT molecular complexity index is 711. The summed E-state index contributed by atoms with van der Waals surface area (Å²) < 4.78 is 27.3. The Balaban J connectivity index is 2.28. The van der Waals surface area contributed by atoms with E-state index in [9.17, 15) is 8.78 Å². The zero-order valence-corrected chi connectivity index (χ0v) is 10.6. The summed E-state index contributed by atoms with van der Waals surface area (Å²) in [7, 11) is -0.283. The maximum Gasteiger partial charge on any atom is 0.189 e. The molecule has 2 aromatic carbocycles. The molecule has 3 heteroatoms. The van der Waals surface area contributed by atoms with Gasteiger partial charge in [0.15, 0.2) is 9.60 Å². The fraction of sp³-hybridized carbons (Fsp3) is 0.0667. The van der Waals surface area contributed by atoms with Crippen LogP contribution in [0.1, 0.15) is 5.56 Å². The van der Waals surface area contributed by atoms with Gasteiger partial charge in [0, 0.05) is 39.6 Å². The van der Waals surface area contributed by atoms with E-state index in [1.165, 1.54) is 18.2 Å². The first-order valence-electron chi connectivity index (χ1n) is 5.62. The van der Waals surface area contributed by atoms with Gasteiger partial charge in [0.2, 0.25) is 0 Å². The van der Waals surface area contributed by atoms with E-state index in [1.54, 1.807) is 18.2 Å². The Kier molecular flexibility index (Phi) is 2.63. The summed E-state index contributed by atoms with van der Waals surface area (Å²) in [6, 6.07) is 11.3. The number of fused-ring (bicyclic) bond motifs is 1. The molecule has 3 aromatic rings. The Labute approximate surface area is 106 Å². The number of thiophene rings is 1. The number of rotatable bonds is 1. The molecule has 3 rings (SSSR count). The summed E-state index contributed by atoms with van der Waals surface area (Å²) in [4.78, 5) is 1.01. The molecule has 90 valence electrons. The summed E-state index contributed by atoms with van der Waals surface area (Å²) in [6.07, 6.45) is 0. The maximum absolute atomic E-state index is 13.4. The maximum atomic E-state index is 13.4. The van der Waals surface area contributed by atoms with Gasteiger partial charge in [-0.3, -0.25) is 0 Å². The smallest absolute Gasteiger partial charge is 0.189 e. The zero-order valence-electron chi connectivity index (χ0n) is 9.78. The highest BCUT2D eigenvalue weighted by molar-refractivity contribution is 7.43. The summed E-state index contributed by atoms with van der Waals surface area (Å²) >= 11 is 0. The summed E-state index contributed by atoms with van der Waals surface area (Å²) in [5.74, 6) is -0.474. The molecule has 0 radical (unpaired) electrons. The average Bonchev–Trinajstić information content (AvgIpc) is 2.67. The van der Waals surface area contributed by atoms with Crippen LogP contribution in [0.25, 0.3) is 15.0 Å². The van der Waals surface area contributed by atoms with Gasteiger partial charge in [0.25, 0.3) is 0 Å². The van der Waals surface area contributed by atoms with Gasteiger partial charge < -0.3 is 0 Å². The van der Waals surface area contributed by atoms with Gasteiger partial charge >= 0.3 is 0 Å². The Morgan fingerprint density at radius 3 is 2.28 bits per heavy atom. The molecule has 1 aromatic heterocycles. The van der Waals surface area contributed by atoms with Crippen molar-refractivity contribution in [3.05, 3.63) is 65.0 Å². The third-order valence-electron chi connectivity index (χ3n) is 2.97. The monoisotopic (exact) mass is 261 g/mol. The van der Waals surface area contributed by atoms with Gasteiger partial charge in [-0.1, -0.05) is 0 Å². The van der Waals surface area contributed by atoms with E-state index in [-0.39, 0.29) is 22.1 Å². The average molecular weight is 261 g/mol. The molecule has 0 fully saturated rings. The quantitative estimate of drug-likeness (QED) is 0.530. The highest BCUT2D eigenvalue weighted by atomic mass is 32.2. The normalized spacial score (nSPS) is 12.1. The van der Waals surface area contributed by atoms with Crippen molar-refractivity contribution in [1.82, 2.24) is 0 Å². The van der Waals surface area contributed by atoms with Crippen LogP contribution in [0.4, 0.5) is 8.78 Å². The van der Waals surface area contributed by atoms with Crippen molar-refractivity contribution < 1.29 is 8.78 Å². The van der Waals surface area contributed by atoms with Crippen molar-refractivity contribution >= 4 is 20.6 Å². The minimum absolute atomic E-state index is 0.225. The van der Waals surface area contributed by atoms with E-state index < -0.39 is 0 Å². The molecule has 0 saturated carbocycles. The zero-order chi connectivity index (χ0) is 12.7. The largest absolute Gasteiger partial charge is 0.207 e. The third-order valence-corrected chi connectivity index (χ3v) is 5.15. The Morgan fingerprint density at radius 2 is 1.56 bits per heavy atom. The predicted octanol–water partition coefficient (Wildman–Crippen LogP) is 5.16. The second-order valence-electron chi connectivity index (χ2n) is 4.23. The lowest BCUT2D eigenvalue weighted by molar-refractivity contribution is 0.628. The lowest BCUT2D eigenvalue weighted by Crippen LogP contribution is -1.74. The van der Waals surface area contributed by atoms with E-state index >= 15 is 0 Å². The number of hydrogen-bond donors (Lipinski definition) is 0. The van der Waals surface area contributed by atoms with E-state index in [0.717, 1.165) is 20.5 Å². The van der Waals surface area contributed by atoms with Gasteiger partial charge in [0.1, 0.15) is 17.0 Å². The standard InChI is InChI=1S/C15H11F2S/c1-10-9-18(13-5-2-11(16)3-6-13)15-8-12(17)4-7-14(10)15/h2-9H,1H3/q+1. The van der Waals surface area contributed by atoms with Gasteiger partial charge in [-0.25, -0.2) is 8.78 Å². The highest BCUT2D eigenvalue weighted by Crippen LogP contribution is 2.42. The van der Waals surface area contributed by atoms with Crippen LogP contribution < -0.4 is 0 Å². The van der Waals surface area contributed by atoms with Crippen LogP contribution >= 0.6 is 10.5 Å². The molecule has 0 N–H and O–H groups in total.